The summed E-state index contributed by atoms with van der Waals surface area (Å²) in [5.74, 6) is 0.366. The van der Waals surface area contributed by atoms with Crippen LogP contribution in [-0.2, 0) is 23.8 Å². The average Bonchev–Trinajstić information content (AvgIpc) is 3.75. The molecule has 0 radical (unpaired) electrons. The van der Waals surface area contributed by atoms with Crippen molar-refractivity contribution in [1.29, 1.82) is 0 Å². The topological polar surface area (TPSA) is 81.1 Å². The molecule has 1 N–H and O–H groups in total. The van der Waals surface area contributed by atoms with Gasteiger partial charge in [0, 0.05) is 41.1 Å². The Labute approximate surface area is 204 Å². The molecule has 0 spiro atoms. The summed E-state index contributed by atoms with van der Waals surface area (Å²) in [5.41, 5.74) is 3.82. The number of aromatic nitrogens is 3. The van der Waals surface area contributed by atoms with Gasteiger partial charge in [-0.25, -0.2) is 4.98 Å². The van der Waals surface area contributed by atoms with E-state index in [0.717, 1.165) is 54.5 Å². The summed E-state index contributed by atoms with van der Waals surface area (Å²) in [6, 6.07) is 7.31. The molecule has 0 bridgehead atoms. The highest BCUT2D eigenvalue weighted by atomic mass is 19.4. The molecule has 4 aromatic rings. The number of hydrogen-bond donors (Lipinski definition) is 1. The molecule has 0 unspecified atom stereocenters. The smallest absolute Gasteiger partial charge is 0.416 e. The maximum Gasteiger partial charge on any atom is 0.416 e. The second-order valence-corrected chi connectivity index (χ2v) is 9.90. The molecule has 0 atom stereocenters. The minimum atomic E-state index is -4.50. The number of benzene rings is 1. The van der Waals surface area contributed by atoms with Gasteiger partial charge in [0.05, 0.1) is 23.4 Å². The lowest BCUT2D eigenvalue weighted by atomic mass is 9.96. The van der Waals surface area contributed by atoms with Crippen LogP contribution in [0.25, 0.3) is 16.7 Å². The van der Waals surface area contributed by atoms with E-state index in [9.17, 15) is 23.1 Å². The molecule has 2 saturated carbocycles. The number of alkyl halides is 3. The average molecular weight is 496 g/mol. The van der Waals surface area contributed by atoms with Crippen molar-refractivity contribution in [3.05, 3.63) is 75.9 Å². The van der Waals surface area contributed by atoms with E-state index in [1.165, 1.54) is 12.1 Å². The van der Waals surface area contributed by atoms with Gasteiger partial charge >= 0.3 is 12.1 Å². The highest BCUT2D eigenvalue weighted by molar-refractivity contribution is 5.86. The van der Waals surface area contributed by atoms with Crippen molar-refractivity contribution in [2.75, 3.05) is 0 Å². The first-order chi connectivity index (χ1) is 17.2. The summed E-state index contributed by atoms with van der Waals surface area (Å²) < 4.78 is 48.7. The molecule has 2 fully saturated rings. The number of carboxylic acid groups (broad SMARTS) is 1. The van der Waals surface area contributed by atoms with Crippen molar-refractivity contribution < 1.29 is 27.6 Å². The molecule has 3 heterocycles. The first-order valence-electron chi connectivity index (χ1n) is 12.1. The standard InChI is InChI=1S/C27H24F3N3O3/c1-14-2-8-20-18(12-23(34)35)13-33(26(20)31-14)22-9-7-19(27(28,29)30)10-17(22)11-21-24(15-3-4-15)32-36-25(21)16-5-6-16/h2,7-10,13,15-16H,3-6,11-12H2,1H3,(H,34,35). The highest BCUT2D eigenvalue weighted by Crippen LogP contribution is 2.48. The molecule has 6 nitrogen and oxygen atoms in total. The Morgan fingerprint density at radius 3 is 2.53 bits per heavy atom. The van der Waals surface area contributed by atoms with E-state index in [0.29, 0.717) is 33.8 Å². The van der Waals surface area contributed by atoms with Crippen molar-refractivity contribution in [2.24, 2.45) is 0 Å². The van der Waals surface area contributed by atoms with Gasteiger partial charge in [0.2, 0.25) is 0 Å². The zero-order valence-electron chi connectivity index (χ0n) is 19.6. The van der Waals surface area contributed by atoms with Crippen molar-refractivity contribution in [3.8, 4) is 5.69 Å². The van der Waals surface area contributed by atoms with Gasteiger partial charge in [-0.3, -0.25) is 4.79 Å². The van der Waals surface area contributed by atoms with Crippen LogP contribution in [0.5, 0.6) is 0 Å². The third-order valence-corrected chi connectivity index (χ3v) is 7.01. The first-order valence-corrected chi connectivity index (χ1v) is 12.1. The molecule has 0 amide bonds. The van der Waals surface area contributed by atoms with Crippen LogP contribution in [0.4, 0.5) is 13.2 Å². The van der Waals surface area contributed by atoms with Crippen molar-refractivity contribution in [1.82, 2.24) is 14.7 Å². The third-order valence-electron chi connectivity index (χ3n) is 7.01. The summed E-state index contributed by atoms with van der Waals surface area (Å²) in [4.78, 5) is 16.1. The van der Waals surface area contributed by atoms with Crippen LogP contribution < -0.4 is 0 Å². The minimum Gasteiger partial charge on any atom is -0.481 e. The van der Waals surface area contributed by atoms with Crippen molar-refractivity contribution in [2.45, 2.75) is 63.5 Å². The molecule has 36 heavy (non-hydrogen) atoms. The molecule has 9 heteroatoms. The Balaban J connectivity index is 1.54. The SMILES string of the molecule is Cc1ccc2c(CC(=O)O)cn(-c3ccc(C(F)(F)F)cc3Cc3c(C4CC4)noc3C3CC3)c2n1. The van der Waals surface area contributed by atoms with Crippen LogP contribution in [-0.4, -0.2) is 25.8 Å². The van der Waals surface area contributed by atoms with Gasteiger partial charge in [-0.05, 0) is 74.1 Å². The number of carboxylic acids is 1. The summed E-state index contributed by atoms with van der Waals surface area (Å²) in [5, 5.41) is 14.4. The number of halogens is 3. The number of carbonyl (C=O) groups is 1. The number of hydrogen-bond acceptors (Lipinski definition) is 4. The maximum atomic E-state index is 13.8. The van der Waals surface area contributed by atoms with Crippen LogP contribution >= 0.6 is 0 Å². The monoisotopic (exact) mass is 495 g/mol. The molecule has 186 valence electrons. The van der Waals surface area contributed by atoms with E-state index in [1.54, 1.807) is 16.8 Å². The number of pyridine rings is 1. The van der Waals surface area contributed by atoms with Gasteiger partial charge < -0.3 is 14.2 Å². The van der Waals surface area contributed by atoms with E-state index in [4.69, 9.17) is 4.52 Å². The molecular weight excluding hydrogens is 471 g/mol. The minimum absolute atomic E-state index is 0.215. The predicted octanol–water partition coefficient (Wildman–Crippen LogP) is 6.31. The second kappa shape index (κ2) is 8.21. The normalized spacial score (nSPS) is 16.1. The van der Waals surface area contributed by atoms with Gasteiger partial charge in [-0.15, -0.1) is 0 Å². The van der Waals surface area contributed by atoms with Gasteiger partial charge in [0.15, 0.2) is 0 Å². The lowest BCUT2D eigenvalue weighted by molar-refractivity contribution is -0.138. The molecule has 2 aliphatic carbocycles. The number of rotatable bonds is 7. The fourth-order valence-electron chi connectivity index (χ4n) is 4.94. The summed E-state index contributed by atoms with van der Waals surface area (Å²) >= 11 is 0. The zero-order chi connectivity index (χ0) is 25.2. The highest BCUT2D eigenvalue weighted by Gasteiger charge is 2.38. The van der Waals surface area contributed by atoms with E-state index in [1.807, 2.05) is 13.0 Å². The Bertz CT molecular complexity index is 1460. The molecular formula is C27H24F3N3O3. The largest absolute Gasteiger partial charge is 0.481 e. The fraction of sp³-hybridized carbons (Fsp3) is 0.370. The van der Waals surface area contributed by atoms with Gasteiger partial charge in [0.1, 0.15) is 11.4 Å². The van der Waals surface area contributed by atoms with E-state index in [-0.39, 0.29) is 18.8 Å². The lowest BCUT2D eigenvalue weighted by Gasteiger charge is -2.16. The number of aliphatic carboxylic acids is 1. The van der Waals surface area contributed by atoms with Gasteiger partial charge in [-0.1, -0.05) is 5.16 Å². The Morgan fingerprint density at radius 2 is 1.86 bits per heavy atom. The van der Waals surface area contributed by atoms with Crippen LogP contribution in [0.3, 0.4) is 0 Å². The summed E-state index contributed by atoms with van der Waals surface area (Å²) in [6.07, 6.45) is 1.20. The van der Waals surface area contributed by atoms with E-state index >= 15 is 0 Å². The molecule has 6 rings (SSSR count). The second-order valence-electron chi connectivity index (χ2n) is 9.90. The van der Waals surface area contributed by atoms with Gasteiger partial charge in [-0.2, -0.15) is 13.2 Å². The Hall–Kier alpha value is -3.62. The number of nitrogens with zero attached hydrogens (tertiary/aromatic N) is 3. The maximum absolute atomic E-state index is 13.8. The number of fused-ring (bicyclic) bond motifs is 1. The first kappa shape index (κ1) is 22.8. The molecule has 3 aromatic heterocycles. The summed E-state index contributed by atoms with van der Waals surface area (Å²) in [7, 11) is 0. The third kappa shape index (κ3) is 4.16. The fourth-order valence-corrected chi connectivity index (χ4v) is 4.94. The molecule has 2 aliphatic rings. The van der Waals surface area contributed by atoms with Crippen LogP contribution in [0.15, 0.2) is 41.1 Å². The zero-order valence-corrected chi connectivity index (χ0v) is 19.6. The van der Waals surface area contributed by atoms with E-state index < -0.39 is 17.7 Å². The number of aryl methyl sites for hydroxylation is 1. The van der Waals surface area contributed by atoms with Crippen molar-refractivity contribution in [3.63, 3.8) is 0 Å². The van der Waals surface area contributed by atoms with E-state index in [2.05, 4.69) is 10.1 Å². The molecule has 0 saturated heterocycles. The van der Waals surface area contributed by atoms with Crippen LogP contribution in [0.2, 0.25) is 0 Å². The molecule has 0 aliphatic heterocycles. The van der Waals surface area contributed by atoms with Crippen LogP contribution in [0.1, 0.15) is 76.9 Å². The van der Waals surface area contributed by atoms with Crippen LogP contribution in [0, 0.1) is 6.92 Å². The predicted molar refractivity (Wildman–Crippen MR) is 125 cm³/mol. The molecule has 1 aromatic carbocycles. The Kier molecular flexibility index (Phi) is 5.21. The van der Waals surface area contributed by atoms with Crippen molar-refractivity contribution >= 4 is 17.0 Å². The quantitative estimate of drug-likeness (QED) is 0.325. The summed E-state index contributed by atoms with van der Waals surface area (Å²) in [6.45, 7) is 1.82. The lowest BCUT2D eigenvalue weighted by Crippen LogP contribution is -2.09. The van der Waals surface area contributed by atoms with Gasteiger partial charge in [0.25, 0.3) is 0 Å². The Morgan fingerprint density at radius 1 is 1.11 bits per heavy atom.